The zero-order chi connectivity index (χ0) is 13.4. The van der Waals surface area contributed by atoms with Crippen LogP contribution in [0.15, 0.2) is 36.4 Å². The van der Waals surface area contributed by atoms with Crippen LogP contribution in [0, 0.1) is 0 Å². The van der Waals surface area contributed by atoms with Gasteiger partial charge in [-0.3, -0.25) is 0 Å². The molecule has 2 aromatic rings. The van der Waals surface area contributed by atoms with Gasteiger partial charge in [0.1, 0.15) is 12.4 Å². The fourth-order valence-corrected chi connectivity index (χ4v) is 2.80. The lowest BCUT2D eigenvalue weighted by Crippen LogP contribution is -2.16. The highest BCUT2D eigenvalue weighted by Gasteiger charge is 2.17. The molecular formula is C15H13Cl2NO. The smallest absolute Gasteiger partial charge is 0.126 e. The Morgan fingerprint density at radius 2 is 1.84 bits per heavy atom. The van der Waals surface area contributed by atoms with Crippen molar-refractivity contribution >= 4 is 23.2 Å². The Morgan fingerprint density at radius 1 is 1.11 bits per heavy atom. The van der Waals surface area contributed by atoms with Crippen LogP contribution in [-0.4, -0.2) is 0 Å². The topological polar surface area (TPSA) is 35.2 Å². The van der Waals surface area contributed by atoms with E-state index in [0.29, 0.717) is 23.1 Å². The third-order valence-corrected chi connectivity index (χ3v) is 3.72. The van der Waals surface area contributed by atoms with Gasteiger partial charge in [0, 0.05) is 21.7 Å². The quantitative estimate of drug-likeness (QED) is 0.923. The van der Waals surface area contributed by atoms with Crippen LogP contribution in [0.3, 0.4) is 0 Å². The van der Waals surface area contributed by atoms with E-state index >= 15 is 0 Å². The Hall–Kier alpha value is -1.22. The maximum absolute atomic E-state index is 6.23. The molecule has 2 N–H and O–H groups in total. The van der Waals surface area contributed by atoms with Crippen molar-refractivity contribution in [3.05, 3.63) is 63.1 Å². The van der Waals surface area contributed by atoms with E-state index in [-0.39, 0.29) is 6.04 Å². The lowest BCUT2D eigenvalue weighted by atomic mass is 9.97. The van der Waals surface area contributed by atoms with Gasteiger partial charge in [0.15, 0.2) is 0 Å². The standard InChI is InChI=1S/C15H13Cl2NO/c16-12-3-9(4-13(17)7-12)5-14(18)10-1-2-11-8-19-15(11)6-10/h1-4,6-7,14H,5,8,18H2. The summed E-state index contributed by atoms with van der Waals surface area (Å²) in [6.07, 6.45) is 0.694. The first-order chi connectivity index (χ1) is 9.11. The van der Waals surface area contributed by atoms with Gasteiger partial charge in [0.2, 0.25) is 0 Å². The highest BCUT2D eigenvalue weighted by Crippen LogP contribution is 2.32. The van der Waals surface area contributed by atoms with Crippen molar-refractivity contribution in [2.45, 2.75) is 19.1 Å². The molecule has 2 nitrogen and oxygen atoms in total. The second-order valence-electron chi connectivity index (χ2n) is 4.74. The second-order valence-corrected chi connectivity index (χ2v) is 5.62. The predicted octanol–water partition coefficient (Wildman–Crippen LogP) is 4.13. The Kier molecular flexibility index (Phi) is 3.40. The number of rotatable bonds is 3. The number of halogens is 2. The average molecular weight is 294 g/mol. The summed E-state index contributed by atoms with van der Waals surface area (Å²) in [6.45, 7) is 0.703. The van der Waals surface area contributed by atoms with E-state index in [1.165, 1.54) is 5.56 Å². The van der Waals surface area contributed by atoms with Gasteiger partial charge in [-0.05, 0) is 41.8 Å². The molecule has 1 aliphatic rings. The molecule has 0 saturated carbocycles. The summed E-state index contributed by atoms with van der Waals surface area (Å²) in [4.78, 5) is 0. The highest BCUT2D eigenvalue weighted by atomic mass is 35.5. The van der Waals surface area contributed by atoms with Gasteiger partial charge in [0.25, 0.3) is 0 Å². The van der Waals surface area contributed by atoms with Gasteiger partial charge < -0.3 is 10.5 Å². The molecule has 0 amide bonds. The molecule has 0 bridgehead atoms. The van der Waals surface area contributed by atoms with Crippen LogP contribution >= 0.6 is 23.2 Å². The molecule has 0 aliphatic carbocycles. The van der Waals surface area contributed by atoms with Gasteiger partial charge in [-0.1, -0.05) is 35.3 Å². The summed E-state index contributed by atoms with van der Waals surface area (Å²) in [5.41, 5.74) is 9.57. The van der Waals surface area contributed by atoms with Gasteiger partial charge >= 0.3 is 0 Å². The van der Waals surface area contributed by atoms with Crippen molar-refractivity contribution in [1.29, 1.82) is 0 Å². The minimum Gasteiger partial charge on any atom is -0.488 e. The molecule has 0 saturated heterocycles. The summed E-state index contributed by atoms with van der Waals surface area (Å²) in [7, 11) is 0. The van der Waals surface area contributed by atoms with E-state index in [4.69, 9.17) is 33.7 Å². The van der Waals surface area contributed by atoms with Crippen LogP contribution in [0.1, 0.15) is 22.7 Å². The van der Waals surface area contributed by atoms with E-state index in [0.717, 1.165) is 16.9 Å². The van der Waals surface area contributed by atoms with Crippen molar-refractivity contribution in [2.24, 2.45) is 5.73 Å². The summed E-state index contributed by atoms with van der Waals surface area (Å²) in [5, 5.41) is 1.27. The van der Waals surface area contributed by atoms with E-state index in [2.05, 4.69) is 12.1 Å². The first-order valence-electron chi connectivity index (χ1n) is 6.08. The minimum absolute atomic E-state index is 0.0935. The number of ether oxygens (including phenoxy) is 1. The lowest BCUT2D eigenvalue weighted by molar-refractivity contribution is 0.242. The van der Waals surface area contributed by atoms with Crippen LogP contribution in [0.25, 0.3) is 0 Å². The lowest BCUT2D eigenvalue weighted by Gasteiger charge is -2.22. The number of hydrogen-bond donors (Lipinski definition) is 1. The first kappa shape index (κ1) is 12.8. The second kappa shape index (κ2) is 5.04. The summed E-state index contributed by atoms with van der Waals surface area (Å²) >= 11 is 12.0. The number of nitrogens with two attached hydrogens (primary N) is 1. The molecule has 19 heavy (non-hydrogen) atoms. The van der Waals surface area contributed by atoms with Crippen molar-refractivity contribution < 1.29 is 4.74 Å². The number of benzene rings is 2. The van der Waals surface area contributed by atoms with Crippen LogP contribution in [-0.2, 0) is 13.0 Å². The molecule has 1 heterocycles. The fraction of sp³-hybridized carbons (Fsp3) is 0.200. The predicted molar refractivity (Wildman–Crippen MR) is 77.9 cm³/mol. The highest BCUT2D eigenvalue weighted by molar-refractivity contribution is 6.34. The Morgan fingerprint density at radius 3 is 2.42 bits per heavy atom. The summed E-state index contributed by atoms with van der Waals surface area (Å²) in [5.74, 6) is 0.942. The minimum atomic E-state index is -0.0935. The van der Waals surface area contributed by atoms with Crippen LogP contribution < -0.4 is 10.5 Å². The first-order valence-corrected chi connectivity index (χ1v) is 6.83. The van der Waals surface area contributed by atoms with E-state index < -0.39 is 0 Å². The van der Waals surface area contributed by atoms with E-state index in [1.54, 1.807) is 6.07 Å². The van der Waals surface area contributed by atoms with Gasteiger partial charge in [0.05, 0.1) is 0 Å². The van der Waals surface area contributed by atoms with Crippen LogP contribution in [0.2, 0.25) is 10.0 Å². The molecule has 1 aliphatic heterocycles. The largest absolute Gasteiger partial charge is 0.488 e. The molecule has 4 heteroatoms. The molecule has 0 fully saturated rings. The average Bonchev–Trinajstić information content (AvgIpc) is 2.29. The number of fused-ring (bicyclic) bond motifs is 1. The molecule has 1 atom stereocenters. The molecule has 0 aromatic heterocycles. The van der Waals surface area contributed by atoms with Gasteiger partial charge in [-0.25, -0.2) is 0 Å². The monoisotopic (exact) mass is 293 g/mol. The van der Waals surface area contributed by atoms with Crippen LogP contribution in [0.5, 0.6) is 5.75 Å². The maximum Gasteiger partial charge on any atom is 0.126 e. The Bertz CT molecular complexity index is 607. The van der Waals surface area contributed by atoms with Crippen LogP contribution in [0.4, 0.5) is 0 Å². The summed E-state index contributed by atoms with van der Waals surface area (Å²) in [6, 6.07) is 11.5. The number of hydrogen-bond acceptors (Lipinski definition) is 2. The zero-order valence-electron chi connectivity index (χ0n) is 10.2. The SMILES string of the molecule is NC(Cc1cc(Cl)cc(Cl)c1)c1ccc2c(c1)OC2. The summed E-state index contributed by atoms with van der Waals surface area (Å²) < 4.78 is 5.36. The normalized spacial score (nSPS) is 14.3. The van der Waals surface area contributed by atoms with E-state index in [9.17, 15) is 0 Å². The van der Waals surface area contributed by atoms with Crippen molar-refractivity contribution in [3.63, 3.8) is 0 Å². The van der Waals surface area contributed by atoms with Gasteiger partial charge in [-0.15, -0.1) is 0 Å². The third kappa shape index (κ3) is 2.71. The molecule has 1 unspecified atom stereocenters. The third-order valence-electron chi connectivity index (χ3n) is 3.28. The molecule has 98 valence electrons. The van der Waals surface area contributed by atoms with Gasteiger partial charge in [-0.2, -0.15) is 0 Å². The molecule has 2 aromatic carbocycles. The fourth-order valence-electron chi connectivity index (χ4n) is 2.23. The Balaban J connectivity index is 1.80. The maximum atomic E-state index is 6.23. The molecular weight excluding hydrogens is 281 g/mol. The van der Waals surface area contributed by atoms with Crippen molar-refractivity contribution in [1.82, 2.24) is 0 Å². The van der Waals surface area contributed by atoms with Crippen molar-refractivity contribution in [3.8, 4) is 5.75 Å². The Labute approximate surface area is 122 Å². The van der Waals surface area contributed by atoms with Crippen molar-refractivity contribution in [2.75, 3.05) is 0 Å². The molecule has 0 spiro atoms. The zero-order valence-corrected chi connectivity index (χ0v) is 11.7. The molecule has 0 radical (unpaired) electrons. The molecule has 3 rings (SSSR count). The van der Waals surface area contributed by atoms with E-state index in [1.807, 2.05) is 18.2 Å².